The molecule has 0 atom stereocenters. The van der Waals surface area contributed by atoms with E-state index in [4.69, 9.17) is 21.1 Å². The molecule has 3 rings (SSSR count). The molecule has 1 aromatic heterocycles. The summed E-state index contributed by atoms with van der Waals surface area (Å²) in [5, 5.41) is 3.33. The molecule has 0 saturated carbocycles. The summed E-state index contributed by atoms with van der Waals surface area (Å²) in [4.78, 5) is 33.0. The number of rotatable bonds is 8. The van der Waals surface area contributed by atoms with Gasteiger partial charge in [0.15, 0.2) is 11.5 Å². The fourth-order valence-electron chi connectivity index (χ4n) is 3.54. The number of aryl methyl sites for hydroxylation is 1. The third-order valence-corrected chi connectivity index (χ3v) is 5.23. The Bertz CT molecular complexity index is 1190. The van der Waals surface area contributed by atoms with Gasteiger partial charge in [0.1, 0.15) is 5.60 Å². The summed E-state index contributed by atoms with van der Waals surface area (Å²) in [7, 11) is 5.15. The van der Waals surface area contributed by atoms with Gasteiger partial charge in [0.2, 0.25) is 5.95 Å². The van der Waals surface area contributed by atoms with Crippen molar-refractivity contribution in [1.82, 2.24) is 9.55 Å². The topological polar surface area (TPSA) is 85.7 Å². The molecule has 0 unspecified atom stereocenters. The van der Waals surface area contributed by atoms with E-state index in [0.29, 0.717) is 27.8 Å². The van der Waals surface area contributed by atoms with E-state index in [9.17, 15) is 9.59 Å². The van der Waals surface area contributed by atoms with Gasteiger partial charge in [-0.05, 0) is 56.7 Å². The average molecular weight is 485 g/mol. The highest BCUT2D eigenvalue weighted by molar-refractivity contribution is 6.30. The van der Waals surface area contributed by atoms with E-state index >= 15 is 0 Å². The number of para-hydroxylation sites is 1. The summed E-state index contributed by atoms with van der Waals surface area (Å²) in [5.41, 5.74) is 1.01. The highest BCUT2D eigenvalue weighted by Crippen LogP contribution is 2.30. The Morgan fingerprint density at radius 3 is 2.41 bits per heavy atom. The van der Waals surface area contributed by atoms with E-state index in [1.165, 1.54) is 7.11 Å². The van der Waals surface area contributed by atoms with Crippen LogP contribution < -0.4 is 10.2 Å². The standard InChI is InChI=1S/C25H29ClN4O4/c1-16-14-17(26)12-13-19(16)22(31)27-21-20(23(32)34-25(2,3)15-33-6)30(24(28-21)29(4)5)18-10-8-7-9-11-18/h7-14H,15H2,1-6H3,(H,27,31). The van der Waals surface area contributed by atoms with Crippen LogP contribution in [0.4, 0.5) is 11.8 Å². The lowest BCUT2D eigenvalue weighted by atomic mass is 10.1. The minimum Gasteiger partial charge on any atom is -0.452 e. The zero-order valence-corrected chi connectivity index (χ0v) is 20.9. The second-order valence-corrected chi connectivity index (χ2v) is 9.11. The Morgan fingerprint density at radius 1 is 1.15 bits per heavy atom. The van der Waals surface area contributed by atoms with Gasteiger partial charge in [-0.25, -0.2) is 4.79 Å². The van der Waals surface area contributed by atoms with E-state index in [1.807, 2.05) is 30.3 Å². The number of carbonyl (C=O) groups is 2. The van der Waals surface area contributed by atoms with Gasteiger partial charge in [0.05, 0.1) is 6.61 Å². The molecule has 0 bridgehead atoms. The average Bonchev–Trinajstić information content (AvgIpc) is 3.13. The number of carbonyl (C=O) groups excluding carboxylic acids is 2. The largest absolute Gasteiger partial charge is 0.452 e. The molecule has 0 fully saturated rings. The number of anilines is 2. The number of methoxy groups -OCH3 is 1. The van der Waals surface area contributed by atoms with Crippen LogP contribution >= 0.6 is 11.6 Å². The van der Waals surface area contributed by atoms with Crippen LogP contribution in [0.2, 0.25) is 5.02 Å². The van der Waals surface area contributed by atoms with Gasteiger partial charge in [-0.2, -0.15) is 4.98 Å². The molecule has 0 saturated heterocycles. The fourth-order valence-corrected chi connectivity index (χ4v) is 3.77. The zero-order valence-electron chi connectivity index (χ0n) is 20.2. The molecule has 3 aromatic rings. The van der Waals surface area contributed by atoms with E-state index in [1.54, 1.807) is 62.5 Å². The predicted octanol–water partition coefficient (Wildman–Crippen LogP) is 4.73. The number of amides is 1. The molecule has 8 nitrogen and oxygen atoms in total. The highest BCUT2D eigenvalue weighted by atomic mass is 35.5. The third kappa shape index (κ3) is 5.58. The third-order valence-electron chi connectivity index (χ3n) is 4.99. The van der Waals surface area contributed by atoms with Crippen LogP contribution in [0.15, 0.2) is 48.5 Å². The zero-order chi connectivity index (χ0) is 25.0. The molecule has 0 aliphatic carbocycles. The number of benzene rings is 2. The summed E-state index contributed by atoms with van der Waals surface area (Å²) in [6.07, 6.45) is 0. The monoisotopic (exact) mass is 484 g/mol. The van der Waals surface area contributed by atoms with Crippen LogP contribution in [0.1, 0.15) is 40.3 Å². The Kier molecular flexibility index (Phi) is 7.64. The van der Waals surface area contributed by atoms with E-state index in [-0.39, 0.29) is 18.1 Å². The molecule has 0 spiro atoms. The van der Waals surface area contributed by atoms with Crippen molar-refractivity contribution in [2.45, 2.75) is 26.4 Å². The number of ether oxygens (including phenoxy) is 2. The Hall–Kier alpha value is -3.36. The molecular formula is C25H29ClN4O4. The quantitative estimate of drug-likeness (QED) is 0.465. The number of halogens is 1. The Balaban J connectivity index is 2.14. The summed E-state index contributed by atoms with van der Waals surface area (Å²) < 4.78 is 12.6. The maximum Gasteiger partial charge on any atom is 0.359 e. The molecule has 9 heteroatoms. The summed E-state index contributed by atoms with van der Waals surface area (Å²) in [5.74, 6) is -0.520. The first-order valence-corrected chi connectivity index (χ1v) is 11.1. The van der Waals surface area contributed by atoms with E-state index in [0.717, 1.165) is 0 Å². The van der Waals surface area contributed by atoms with Gasteiger partial charge in [-0.1, -0.05) is 29.8 Å². The minimum absolute atomic E-state index is 0.0881. The van der Waals surface area contributed by atoms with Crippen LogP contribution in [0, 0.1) is 6.92 Å². The molecule has 0 radical (unpaired) electrons. The predicted molar refractivity (Wildman–Crippen MR) is 133 cm³/mol. The number of imidazole rings is 1. The van der Waals surface area contributed by atoms with Gasteiger partial charge < -0.3 is 19.7 Å². The van der Waals surface area contributed by atoms with Gasteiger partial charge >= 0.3 is 5.97 Å². The number of hydrogen-bond donors (Lipinski definition) is 1. The second-order valence-electron chi connectivity index (χ2n) is 8.67. The van der Waals surface area contributed by atoms with Gasteiger partial charge in [0.25, 0.3) is 5.91 Å². The molecule has 180 valence electrons. The van der Waals surface area contributed by atoms with Crippen LogP contribution in [0.25, 0.3) is 5.69 Å². The SMILES string of the molecule is COCC(C)(C)OC(=O)c1c(NC(=O)c2ccc(Cl)cc2C)nc(N(C)C)n1-c1ccccc1. The van der Waals surface area contributed by atoms with Crippen molar-refractivity contribution in [3.63, 3.8) is 0 Å². The fraction of sp³-hybridized carbons (Fsp3) is 0.320. The maximum absolute atomic E-state index is 13.5. The molecule has 34 heavy (non-hydrogen) atoms. The summed E-state index contributed by atoms with van der Waals surface area (Å²) in [6, 6.07) is 14.3. The van der Waals surface area contributed by atoms with Crippen LogP contribution in [-0.2, 0) is 9.47 Å². The number of esters is 1. The first-order chi connectivity index (χ1) is 16.0. The van der Waals surface area contributed by atoms with Crippen molar-refractivity contribution in [3.8, 4) is 5.69 Å². The van der Waals surface area contributed by atoms with Gasteiger partial charge in [-0.3, -0.25) is 9.36 Å². The molecule has 1 amide bonds. The van der Waals surface area contributed by atoms with Crippen LogP contribution in [0.5, 0.6) is 0 Å². The van der Waals surface area contributed by atoms with Crippen LogP contribution in [0.3, 0.4) is 0 Å². The first kappa shape index (κ1) is 25.3. The number of nitrogens with one attached hydrogen (secondary N) is 1. The number of aromatic nitrogens is 2. The van der Waals surface area contributed by atoms with Crippen molar-refractivity contribution in [3.05, 3.63) is 70.4 Å². The Morgan fingerprint density at radius 2 is 1.82 bits per heavy atom. The smallest absolute Gasteiger partial charge is 0.359 e. The van der Waals surface area contributed by atoms with Crippen LogP contribution in [-0.4, -0.2) is 54.8 Å². The minimum atomic E-state index is -0.899. The lowest BCUT2D eigenvalue weighted by molar-refractivity contribution is -0.0370. The summed E-state index contributed by atoms with van der Waals surface area (Å²) >= 11 is 6.04. The van der Waals surface area contributed by atoms with Crippen molar-refractivity contribution < 1.29 is 19.1 Å². The number of nitrogens with zero attached hydrogens (tertiary/aromatic N) is 3. The van der Waals surface area contributed by atoms with Gasteiger partial charge in [-0.15, -0.1) is 0 Å². The molecule has 0 aliphatic rings. The Labute approximate surface area is 204 Å². The molecule has 1 N–H and O–H groups in total. The molecule has 1 heterocycles. The van der Waals surface area contributed by atoms with E-state index < -0.39 is 17.5 Å². The molecule has 0 aliphatic heterocycles. The van der Waals surface area contributed by atoms with Crippen molar-refractivity contribution >= 4 is 35.2 Å². The van der Waals surface area contributed by atoms with Crippen molar-refractivity contribution in [2.24, 2.45) is 0 Å². The van der Waals surface area contributed by atoms with Crippen molar-refractivity contribution in [1.29, 1.82) is 0 Å². The van der Waals surface area contributed by atoms with E-state index in [2.05, 4.69) is 10.3 Å². The lowest BCUT2D eigenvalue weighted by Gasteiger charge is -2.25. The normalized spacial score (nSPS) is 11.3. The molecular weight excluding hydrogens is 456 g/mol. The van der Waals surface area contributed by atoms with Gasteiger partial charge in [0, 0.05) is 37.5 Å². The maximum atomic E-state index is 13.5. The van der Waals surface area contributed by atoms with Crippen molar-refractivity contribution in [2.75, 3.05) is 38.0 Å². The second kappa shape index (κ2) is 10.3. The first-order valence-electron chi connectivity index (χ1n) is 10.7. The molecule has 2 aromatic carbocycles. The summed E-state index contributed by atoms with van der Waals surface area (Å²) in [6.45, 7) is 5.49. The highest BCUT2D eigenvalue weighted by Gasteiger charge is 2.32. The lowest BCUT2D eigenvalue weighted by Crippen LogP contribution is -2.34. The number of hydrogen-bond acceptors (Lipinski definition) is 6.